The Morgan fingerprint density at radius 3 is 2.45 bits per heavy atom. The fourth-order valence-electron chi connectivity index (χ4n) is 0.613. The molecule has 0 radical (unpaired) electrons. The number of nitrogens with zero attached hydrogens (tertiary/aromatic N) is 1. The maximum atomic E-state index is 5.63. The Balaban J connectivity index is 2.89. The van der Waals surface area contributed by atoms with E-state index in [4.69, 9.17) is 34.8 Å². The zero-order chi connectivity index (χ0) is 8.48. The molecule has 62 valence electrons. The van der Waals surface area contributed by atoms with Gasteiger partial charge in [-0.25, -0.2) is 0 Å². The first-order valence-corrected chi connectivity index (χ1v) is 5.82. The quantitative estimate of drug-likeness (QED) is 0.568. The monoisotopic (exact) mass is 277 g/mol. The molecule has 0 bridgehead atoms. The number of hydrogen-bond acceptors (Lipinski definition) is 1. The van der Waals surface area contributed by atoms with Crippen molar-refractivity contribution in [1.82, 2.24) is 3.98 Å². The first-order valence-electron chi connectivity index (χ1n) is 3.07. The Morgan fingerprint density at radius 2 is 2.18 bits per heavy atom. The van der Waals surface area contributed by atoms with Crippen molar-refractivity contribution in [3.8, 4) is 0 Å². The summed E-state index contributed by atoms with van der Waals surface area (Å²) in [6, 6.07) is 1.88. The standard InChI is InChI=1S/C6H6Cl3NSe/c1-2-4-3-5(10-11-4)6(7,8)9/h3H,2H2,1H3. The van der Waals surface area contributed by atoms with Gasteiger partial charge in [0, 0.05) is 0 Å². The summed E-state index contributed by atoms with van der Waals surface area (Å²) >= 11 is 17.0. The van der Waals surface area contributed by atoms with E-state index in [1.165, 1.54) is 4.44 Å². The van der Waals surface area contributed by atoms with Crippen LogP contribution in [0.25, 0.3) is 0 Å². The number of aryl methyl sites for hydroxylation is 1. The number of aromatic nitrogens is 1. The van der Waals surface area contributed by atoms with Crippen LogP contribution in [-0.2, 0) is 10.2 Å². The molecule has 1 aromatic heterocycles. The summed E-state index contributed by atoms with van der Waals surface area (Å²) in [4.78, 5) is 0. The van der Waals surface area contributed by atoms with E-state index in [-0.39, 0.29) is 14.7 Å². The molecule has 0 atom stereocenters. The Kier molecular flexibility index (Phi) is 3.30. The third-order valence-corrected chi connectivity index (χ3v) is 3.73. The van der Waals surface area contributed by atoms with Crippen molar-refractivity contribution in [3.05, 3.63) is 16.2 Å². The van der Waals surface area contributed by atoms with E-state index < -0.39 is 3.79 Å². The molecule has 1 nitrogen and oxygen atoms in total. The molecule has 0 amide bonds. The molecule has 1 aromatic rings. The normalized spacial score (nSPS) is 12.0. The second-order valence-electron chi connectivity index (χ2n) is 2.03. The van der Waals surface area contributed by atoms with E-state index in [0.29, 0.717) is 5.69 Å². The summed E-state index contributed by atoms with van der Waals surface area (Å²) < 4.78 is 4.09. The maximum absolute atomic E-state index is 5.63. The van der Waals surface area contributed by atoms with Crippen LogP contribution in [0, 0.1) is 0 Å². The summed E-state index contributed by atoms with van der Waals surface area (Å²) in [5.74, 6) is 0. The summed E-state index contributed by atoms with van der Waals surface area (Å²) in [5.41, 5.74) is 0.583. The van der Waals surface area contributed by atoms with Crippen molar-refractivity contribution in [1.29, 1.82) is 0 Å². The first kappa shape index (κ1) is 9.88. The predicted molar refractivity (Wildman–Crippen MR) is 49.8 cm³/mol. The fourth-order valence-corrected chi connectivity index (χ4v) is 2.71. The van der Waals surface area contributed by atoms with Gasteiger partial charge in [0.15, 0.2) is 0 Å². The van der Waals surface area contributed by atoms with E-state index in [1.54, 1.807) is 0 Å². The van der Waals surface area contributed by atoms with Crippen molar-refractivity contribution >= 4 is 49.5 Å². The van der Waals surface area contributed by atoms with Gasteiger partial charge in [-0.15, -0.1) is 0 Å². The van der Waals surface area contributed by atoms with Gasteiger partial charge >= 0.3 is 86.8 Å². The first-order chi connectivity index (χ1) is 5.04. The van der Waals surface area contributed by atoms with E-state index in [9.17, 15) is 0 Å². The molecule has 0 aliphatic heterocycles. The number of hydrogen-bond donors (Lipinski definition) is 0. The molecular formula is C6H6Cl3NSe. The van der Waals surface area contributed by atoms with Gasteiger partial charge in [0.2, 0.25) is 0 Å². The Labute approximate surface area is 86.6 Å². The SMILES string of the molecule is CCc1cc(C(Cl)(Cl)Cl)n[se]1. The summed E-state index contributed by atoms with van der Waals surface area (Å²) in [7, 11) is 0. The molecule has 1 heterocycles. The van der Waals surface area contributed by atoms with Gasteiger partial charge in [0.25, 0.3) is 0 Å². The van der Waals surface area contributed by atoms with Crippen LogP contribution in [0.3, 0.4) is 0 Å². The Hall–Kier alpha value is 0.799. The van der Waals surface area contributed by atoms with Gasteiger partial charge in [-0.05, 0) is 0 Å². The van der Waals surface area contributed by atoms with Crippen molar-refractivity contribution in [2.45, 2.75) is 17.1 Å². The summed E-state index contributed by atoms with van der Waals surface area (Å²) in [6.45, 7) is 2.07. The van der Waals surface area contributed by atoms with Crippen LogP contribution >= 0.6 is 34.8 Å². The van der Waals surface area contributed by atoms with Gasteiger partial charge in [-0.3, -0.25) is 0 Å². The van der Waals surface area contributed by atoms with Gasteiger partial charge in [0.1, 0.15) is 0 Å². The zero-order valence-corrected chi connectivity index (χ0v) is 9.75. The zero-order valence-electron chi connectivity index (χ0n) is 5.77. The molecule has 0 aromatic carbocycles. The molecule has 0 fully saturated rings. The molecular weight excluding hydrogens is 271 g/mol. The van der Waals surface area contributed by atoms with Crippen LogP contribution in [0.2, 0.25) is 0 Å². The molecule has 0 saturated heterocycles. The fraction of sp³-hybridized carbons (Fsp3) is 0.500. The van der Waals surface area contributed by atoms with Crippen molar-refractivity contribution < 1.29 is 0 Å². The van der Waals surface area contributed by atoms with Crippen LogP contribution in [-0.4, -0.2) is 18.7 Å². The minimum atomic E-state index is -1.33. The molecule has 5 heteroatoms. The molecule has 0 spiro atoms. The van der Waals surface area contributed by atoms with E-state index in [0.717, 1.165) is 6.42 Å². The molecule has 0 aliphatic carbocycles. The van der Waals surface area contributed by atoms with E-state index in [2.05, 4.69) is 10.9 Å². The van der Waals surface area contributed by atoms with Crippen LogP contribution < -0.4 is 0 Å². The summed E-state index contributed by atoms with van der Waals surface area (Å²) in [6.07, 6.45) is 0.994. The molecule has 0 saturated carbocycles. The van der Waals surface area contributed by atoms with Crippen molar-refractivity contribution in [2.75, 3.05) is 0 Å². The minimum absolute atomic E-state index is 0.161. The van der Waals surface area contributed by atoms with Gasteiger partial charge in [0.05, 0.1) is 0 Å². The van der Waals surface area contributed by atoms with Crippen LogP contribution in [0.15, 0.2) is 6.07 Å². The van der Waals surface area contributed by atoms with Gasteiger partial charge in [-0.1, -0.05) is 0 Å². The Bertz CT molecular complexity index is 240. The van der Waals surface area contributed by atoms with Crippen LogP contribution in [0.4, 0.5) is 0 Å². The molecule has 0 N–H and O–H groups in total. The van der Waals surface area contributed by atoms with E-state index in [1.807, 2.05) is 6.07 Å². The summed E-state index contributed by atoms with van der Waals surface area (Å²) in [5, 5.41) is 0. The third-order valence-electron chi connectivity index (χ3n) is 1.20. The second-order valence-corrected chi connectivity index (χ2v) is 6.18. The molecule has 1 rings (SSSR count). The molecule has 0 unspecified atom stereocenters. The molecule has 0 aliphatic rings. The van der Waals surface area contributed by atoms with Gasteiger partial charge < -0.3 is 0 Å². The van der Waals surface area contributed by atoms with Crippen LogP contribution in [0.5, 0.6) is 0 Å². The predicted octanol–water partition coefficient (Wildman–Crippen LogP) is 2.53. The van der Waals surface area contributed by atoms with Gasteiger partial charge in [-0.2, -0.15) is 0 Å². The third kappa shape index (κ3) is 2.64. The molecule has 11 heavy (non-hydrogen) atoms. The van der Waals surface area contributed by atoms with E-state index >= 15 is 0 Å². The van der Waals surface area contributed by atoms with Crippen molar-refractivity contribution in [2.24, 2.45) is 0 Å². The topological polar surface area (TPSA) is 12.9 Å². The average Bonchev–Trinajstić information content (AvgIpc) is 2.32. The van der Waals surface area contributed by atoms with Crippen LogP contribution in [0.1, 0.15) is 17.1 Å². The number of halogens is 3. The Morgan fingerprint density at radius 1 is 1.55 bits per heavy atom. The van der Waals surface area contributed by atoms with Crippen molar-refractivity contribution in [3.63, 3.8) is 0 Å². The number of rotatable bonds is 1. The average molecular weight is 277 g/mol. The number of alkyl halides is 3. The second kappa shape index (κ2) is 3.67.